The lowest BCUT2D eigenvalue weighted by atomic mass is 9.86. The van der Waals surface area contributed by atoms with Crippen LogP contribution in [0.1, 0.15) is 33.6 Å². The zero-order valence-corrected chi connectivity index (χ0v) is 19.6. The lowest BCUT2D eigenvalue weighted by molar-refractivity contribution is -0.275. The van der Waals surface area contributed by atoms with Crippen LogP contribution in [-0.2, 0) is 21.7 Å². The monoisotopic (exact) mass is 517 g/mol. The zero-order chi connectivity index (χ0) is 25.9. The molecule has 0 fully saturated rings. The maximum absolute atomic E-state index is 14.1. The minimum atomic E-state index is -4.76. The molecular weight excluding hydrogens is 499 g/mol. The Morgan fingerprint density at radius 1 is 1.08 bits per heavy atom. The molecule has 186 valence electrons. The Hall–Kier alpha value is -3.92. The van der Waals surface area contributed by atoms with Gasteiger partial charge < -0.3 is 9.57 Å². The van der Waals surface area contributed by atoms with Gasteiger partial charge in [0.2, 0.25) is 0 Å². The third-order valence-corrected chi connectivity index (χ3v) is 5.90. The maximum atomic E-state index is 14.1. The normalized spacial score (nSPS) is 17.2. The largest absolute Gasteiger partial charge is 0.452 e. The summed E-state index contributed by atoms with van der Waals surface area (Å²) in [6, 6.07) is 15.9. The van der Waals surface area contributed by atoms with E-state index in [2.05, 4.69) is 10.1 Å². The quantitative estimate of drug-likeness (QED) is 0.432. The van der Waals surface area contributed by atoms with Crippen molar-refractivity contribution in [2.75, 3.05) is 7.11 Å². The molecule has 0 bridgehead atoms. The summed E-state index contributed by atoms with van der Waals surface area (Å²) in [4.78, 5) is 35.2. The molecule has 7 nitrogen and oxygen atoms in total. The number of ether oxygens (including phenoxy) is 1. The highest BCUT2D eigenvalue weighted by molar-refractivity contribution is 6.30. The highest BCUT2D eigenvalue weighted by atomic mass is 35.5. The minimum absolute atomic E-state index is 0.0552. The summed E-state index contributed by atoms with van der Waals surface area (Å²) in [5.74, 6) is -0.658. The number of oxime groups is 1. The van der Waals surface area contributed by atoms with Crippen molar-refractivity contribution in [3.05, 3.63) is 100 Å². The van der Waals surface area contributed by atoms with Crippen LogP contribution >= 0.6 is 11.6 Å². The van der Waals surface area contributed by atoms with Crippen LogP contribution in [0.3, 0.4) is 0 Å². The summed E-state index contributed by atoms with van der Waals surface area (Å²) in [7, 11) is 1.15. The van der Waals surface area contributed by atoms with E-state index in [9.17, 15) is 22.8 Å². The summed E-state index contributed by atoms with van der Waals surface area (Å²) in [6.45, 7) is -0.121. The Bertz CT molecular complexity index is 1280. The number of halogens is 4. The number of nitrogens with zero attached hydrogens (tertiary/aromatic N) is 3. The fourth-order valence-electron chi connectivity index (χ4n) is 3.72. The molecule has 2 amide bonds. The molecule has 1 aliphatic rings. The molecule has 4 rings (SSSR count). The van der Waals surface area contributed by atoms with E-state index in [1.807, 2.05) is 0 Å². The van der Waals surface area contributed by atoms with Crippen molar-refractivity contribution >= 4 is 29.3 Å². The molecule has 1 atom stereocenters. The third kappa shape index (κ3) is 4.90. The van der Waals surface area contributed by atoms with Crippen LogP contribution in [0.25, 0.3) is 0 Å². The van der Waals surface area contributed by atoms with Crippen molar-refractivity contribution in [1.82, 2.24) is 9.88 Å². The highest BCUT2D eigenvalue weighted by Gasteiger charge is 2.62. The van der Waals surface area contributed by atoms with E-state index in [0.717, 1.165) is 12.0 Å². The molecule has 36 heavy (non-hydrogen) atoms. The summed E-state index contributed by atoms with van der Waals surface area (Å²) in [6.07, 6.45) is -4.67. The first-order chi connectivity index (χ1) is 17.1. The number of benzene rings is 2. The van der Waals surface area contributed by atoms with Gasteiger partial charge in [0.05, 0.1) is 25.1 Å². The van der Waals surface area contributed by atoms with Crippen LogP contribution in [-0.4, -0.2) is 40.9 Å². The predicted octanol–water partition coefficient (Wildman–Crippen LogP) is 5.73. The average molecular weight is 518 g/mol. The molecule has 0 radical (unpaired) electrons. The lowest BCUT2D eigenvalue weighted by Gasteiger charge is -2.29. The fraction of sp³-hybridized carbons (Fsp3) is 0.200. The number of carbonyl (C=O) groups is 2. The van der Waals surface area contributed by atoms with Gasteiger partial charge in [-0.3, -0.25) is 9.78 Å². The van der Waals surface area contributed by atoms with Gasteiger partial charge in [-0.1, -0.05) is 47.1 Å². The SMILES string of the molecule is COC(=O)N(Cc1ccccn1)C(=O)c1ccc(C2=NOC(c3ccc(Cl)cc3)(C(F)(F)F)C2)cc1. The summed E-state index contributed by atoms with van der Waals surface area (Å²) in [5, 5.41) is 4.01. The zero-order valence-electron chi connectivity index (χ0n) is 18.8. The first kappa shape index (κ1) is 25.2. The van der Waals surface area contributed by atoms with Gasteiger partial charge in [-0.05, 0) is 42.0 Å². The van der Waals surface area contributed by atoms with Crippen LogP contribution in [0.4, 0.5) is 18.0 Å². The molecule has 2 aromatic carbocycles. The van der Waals surface area contributed by atoms with E-state index in [1.165, 1.54) is 54.7 Å². The van der Waals surface area contributed by atoms with E-state index >= 15 is 0 Å². The molecule has 0 aliphatic carbocycles. The van der Waals surface area contributed by atoms with Crippen molar-refractivity contribution in [3.63, 3.8) is 0 Å². The van der Waals surface area contributed by atoms with Crippen LogP contribution in [0, 0.1) is 0 Å². The Balaban J connectivity index is 1.56. The minimum Gasteiger partial charge on any atom is -0.452 e. The number of amides is 2. The van der Waals surface area contributed by atoms with E-state index < -0.39 is 30.2 Å². The smallest absolute Gasteiger partial charge is 0.435 e. The molecule has 0 saturated heterocycles. The van der Waals surface area contributed by atoms with E-state index in [-0.39, 0.29) is 23.4 Å². The van der Waals surface area contributed by atoms with Crippen LogP contribution in [0.15, 0.2) is 78.1 Å². The Morgan fingerprint density at radius 2 is 1.78 bits per heavy atom. The molecule has 1 unspecified atom stereocenters. The van der Waals surface area contributed by atoms with Gasteiger partial charge in [-0.25, -0.2) is 9.69 Å². The number of methoxy groups -OCH3 is 1. The van der Waals surface area contributed by atoms with Gasteiger partial charge >= 0.3 is 12.3 Å². The number of alkyl halides is 3. The van der Waals surface area contributed by atoms with Crippen molar-refractivity contribution in [3.8, 4) is 0 Å². The first-order valence-corrected chi connectivity index (χ1v) is 11.0. The van der Waals surface area contributed by atoms with Gasteiger partial charge in [0, 0.05) is 28.8 Å². The van der Waals surface area contributed by atoms with Gasteiger partial charge in [0.15, 0.2) is 0 Å². The molecule has 1 aromatic heterocycles. The summed E-state index contributed by atoms with van der Waals surface area (Å²) < 4.78 is 47.0. The second-order valence-corrected chi connectivity index (χ2v) is 8.33. The number of carbonyl (C=O) groups excluding carboxylic acids is 2. The predicted molar refractivity (Wildman–Crippen MR) is 124 cm³/mol. The first-order valence-electron chi connectivity index (χ1n) is 10.6. The van der Waals surface area contributed by atoms with Crippen LogP contribution in [0.2, 0.25) is 5.02 Å². The lowest BCUT2D eigenvalue weighted by Crippen LogP contribution is -2.42. The number of rotatable bonds is 5. The highest BCUT2D eigenvalue weighted by Crippen LogP contribution is 2.48. The van der Waals surface area contributed by atoms with Gasteiger partial charge in [0.25, 0.3) is 11.5 Å². The molecule has 0 saturated carbocycles. The van der Waals surface area contributed by atoms with E-state index in [1.54, 1.807) is 18.2 Å². The van der Waals surface area contributed by atoms with Crippen molar-refractivity contribution in [1.29, 1.82) is 0 Å². The van der Waals surface area contributed by atoms with Crippen LogP contribution < -0.4 is 0 Å². The van der Waals surface area contributed by atoms with Crippen molar-refractivity contribution in [2.24, 2.45) is 5.16 Å². The Morgan fingerprint density at radius 3 is 2.36 bits per heavy atom. The van der Waals surface area contributed by atoms with Gasteiger partial charge in [-0.2, -0.15) is 13.2 Å². The average Bonchev–Trinajstić information content (AvgIpc) is 3.35. The number of pyridine rings is 1. The molecular formula is C25H19ClF3N3O4. The van der Waals surface area contributed by atoms with Crippen molar-refractivity contribution in [2.45, 2.75) is 24.7 Å². The second kappa shape index (κ2) is 9.98. The van der Waals surface area contributed by atoms with E-state index in [4.69, 9.17) is 21.2 Å². The second-order valence-electron chi connectivity index (χ2n) is 7.90. The molecule has 1 aliphatic heterocycles. The van der Waals surface area contributed by atoms with Crippen molar-refractivity contribution < 1.29 is 32.3 Å². The van der Waals surface area contributed by atoms with Gasteiger partial charge in [-0.15, -0.1) is 0 Å². The number of imide groups is 1. The molecule has 2 heterocycles. The maximum Gasteiger partial charge on any atom is 0.435 e. The van der Waals surface area contributed by atoms with Crippen LogP contribution in [0.5, 0.6) is 0 Å². The standard InChI is InChI=1S/C25H19ClF3N3O4/c1-35-23(34)32(15-20-4-2-3-13-30-20)22(33)17-7-5-16(6-8-17)21-14-24(36-31-21,25(27,28)29)18-9-11-19(26)12-10-18/h2-13H,14-15H2,1H3. The molecule has 11 heteroatoms. The summed E-state index contributed by atoms with van der Waals surface area (Å²) in [5.41, 5.74) is -1.81. The van der Waals surface area contributed by atoms with Gasteiger partial charge in [0.1, 0.15) is 0 Å². The number of aromatic nitrogens is 1. The topological polar surface area (TPSA) is 81.1 Å². The fourth-order valence-corrected chi connectivity index (χ4v) is 3.85. The Kier molecular flexibility index (Phi) is 6.98. The number of hydrogen-bond donors (Lipinski definition) is 0. The molecule has 0 N–H and O–H groups in total. The molecule has 0 spiro atoms. The number of hydrogen-bond acceptors (Lipinski definition) is 6. The Labute approximate surface area is 209 Å². The third-order valence-electron chi connectivity index (χ3n) is 5.65. The van der Waals surface area contributed by atoms with E-state index in [0.29, 0.717) is 16.3 Å². The summed E-state index contributed by atoms with van der Waals surface area (Å²) >= 11 is 5.83. The molecule has 3 aromatic rings.